The fourth-order valence-electron chi connectivity index (χ4n) is 1.56. The number of carboxylic acids is 1. The minimum atomic E-state index is -1.03. The van der Waals surface area contributed by atoms with E-state index >= 15 is 0 Å². The molecular formula is C14H12N2O4. The number of carboxylic acid groups (broad SMARTS) is 1. The fourth-order valence-corrected chi connectivity index (χ4v) is 1.56. The van der Waals surface area contributed by atoms with Gasteiger partial charge in [0.05, 0.1) is 0 Å². The SMILES string of the molecule is Cc1ccc(C=CC(=O)O)cc1NC(=O)c1ccon1. The Bertz CT molecular complexity index is 660. The van der Waals surface area contributed by atoms with Crippen LogP contribution in [0, 0.1) is 6.92 Å². The lowest BCUT2D eigenvalue weighted by Gasteiger charge is -2.07. The van der Waals surface area contributed by atoms with Crippen molar-refractivity contribution in [1.82, 2.24) is 5.16 Å². The summed E-state index contributed by atoms with van der Waals surface area (Å²) in [6.07, 6.45) is 3.80. The van der Waals surface area contributed by atoms with E-state index in [4.69, 9.17) is 5.11 Å². The summed E-state index contributed by atoms with van der Waals surface area (Å²) in [7, 11) is 0. The van der Waals surface area contributed by atoms with Crippen molar-refractivity contribution < 1.29 is 19.2 Å². The van der Waals surface area contributed by atoms with Crippen molar-refractivity contribution >= 4 is 23.6 Å². The van der Waals surface area contributed by atoms with E-state index in [9.17, 15) is 9.59 Å². The zero-order valence-corrected chi connectivity index (χ0v) is 10.7. The Labute approximate surface area is 114 Å². The number of rotatable bonds is 4. The lowest BCUT2D eigenvalue weighted by atomic mass is 10.1. The zero-order valence-electron chi connectivity index (χ0n) is 10.7. The molecule has 0 spiro atoms. The van der Waals surface area contributed by atoms with Crippen molar-refractivity contribution in [3.8, 4) is 0 Å². The molecule has 6 heteroatoms. The van der Waals surface area contributed by atoms with Crippen LogP contribution in [0.3, 0.4) is 0 Å². The van der Waals surface area contributed by atoms with Crippen molar-refractivity contribution in [3.63, 3.8) is 0 Å². The van der Waals surface area contributed by atoms with E-state index in [0.717, 1.165) is 11.6 Å². The van der Waals surface area contributed by atoms with Crippen LogP contribution in [0.2, 0.25) is 0 Å². The average molecular weight is 272 g/mol. The van der Waals surface area contributed by atoms with Crippen LogP contribution in [0.4, 0.5) is 5.69 Å². The highest BCUT2D eigenvalue weighted by Gasteiger charge is 2.10. The third-order valence-electron chi connectivity index (χ3n) is 2.60. The van der Waals surface area contributed by atoms with E-state index in [-0.39, 0.29) is 11.6 Å². The molecule has 1 aromatic heterocycles. The first-order valence-electron chi connectivity index (χ1n) is 5.79. The van der Waals surface area contributed by atoms with Crippen molar-refractivity contribution in [2.45, 2.75) is 6.92 Å². The molecule has 2 N–H and O–H groups in total. The molecule has 0 radical (unpaired) electrons. The molecule has 0 fully saturated rings. The van der Waals surface area contributed by atoms with Gasteiger partial charge in [-0.3, -0.25) is 4.79 Å². The third kappa shape index (κ3) is 3.32. The number of nitrogens with one attached hydrogen (secondary N) is 1. The third-order valence-corrected chi connectivity index (χ3v) is 2.60. The number of amides is 1. The summed E-state index contributed by atoms with van der Waals surface area (Å²) < 4.78 is 4.60. The number of hydrogen-bond acceptors (Lipinski definition) is 4. The molecule has 0 saturated heterocycles. The van der Waals surface area contributed by atoms with E-state index in [0.29, 0.717) is 11.3 Å². The molecule has 0 aliphatic carbocycles. The number of anilines is 1. The van der Waals surface area contributed by atoms with E-state index in [1.807, 2.05) is 6.92 Å². The maximum atomic E-state index is 11.9. The fraction of sp³-hybridized carbons (Fsp3) is 0.0714. The molecule has 0 bridgehead atoms. The lowest BCUT2D eigenvalue weighted by molar-refractivity contribution is -0.131. The molecule has 0 aliphatic heterocycles. The van der Waals surface area contributed by atoms with Crippen LogP contribution in [-0.2, 0) is 4.79 Å². The normalized spacial score (nSPS) is 10.7. The quantitative estimate of drug-likeness (QED) is 0.833. The van der Waals surface area contributed by atoms with Gasteiger partial charge in [-0.25, -0.2) is 4.79 Å². The Morgan fingerprint density at radius 3 is 2.80 bits per heavy atom. The Balaban J connectivity index is 2.20. The molecule has 1 heterocycles. The summed E-state index contributed by atoms with van der Waals surface area (Å²) in [6.45, 7) is 1.84. The van der Waals surface area contributed by atoms with Gasteiger partial charge < -0.3 is 14.9 Å². The number of aromatic nitrogens is 1. The molecule has 0 atom stereocenters. The molecule has 0 aliphatic rings. The monoisotopic (exact) mass is 272 g/mol. The van der Waals surface area contributed by atoms with Gasteiger partial charge in [0.15, 0.2) is 5.69 Å². The van der Waals surface area contributed by atoms with Gasteiger partial charge in [-0.2, -0.15) is 0 Å². The minimum absolute atomic E-state index is 0.177. The largest absolute Gasteiger partial charge is 0.478 e. The van der Waals surface area contributed by atoms with Gasteiger partial charge in [0.25, 0.3) is 5.91 Å². The van der Waals surface area contributed by atoms with E-state index in [2.05, 4.69) is 15.0 Å². The summed E-state index contributed by atoms with van der Waals surface area (Å²) in [4.78, 5) is 22.3. The first kappa shape index (κ1) is 13.5. The highest BCUT2D eigenvalue weighted by molar-refractivity contribution is 6.03. The number of carbonyl (C=O) groups excluding carboxylic acids is 1. The van der Waals surface area contributed by atoms with Crippen LogP contribution in [0.5, 0.6) is 0 Å². The average Bonchev–Trinajstić information content (AvgIpc) is 2.93. The zero-order chi connectivity index (χ0) is 14.5. The molecule has 1 aromatic carbocycles. The van der Waals surface area contributed by atoms with Gasteiger partial charge in [0.2, 0.25) is 0 Å². The van der Waals surface area contributed by atoms with E-state index in [1.165, 1.54) is 18.4 Å². The molecule has 1 amide bonds. The Kier molecular flexibility index (Phi) is 3.95. The maximum absolute atomic E-state index is 11.9. The first-order valence-corrected chi connectivity index (χ1v) is 5.79. The highest BCUT2D eigenvalue weighted by Crippen LogP contribution is 2.18. The Morgan fingerprint density at radius 1 is 1.35 bits per heavy atom. The number of carbonyl (C=O) groups is 2. The maximum Gasteiger partial charge on any atom is 0.328 e. The van der Waals surface area contributed by atoms with Crippen LogP contribution in [0.1, 0.15) is 21.6 Å². The van der Waals surface area contributed by atoms with Crippen molar-refractivity contribution in [1.29, 1.82) is 0 Å². The second-order valence-corrected chi connectivity index (χ2v) is 4.08. The van der Waals surface area contributed by atoms with Gasteiger partial charge in [0, 0.05) is 17.8 Å². The van der Waals surface area contributed by atoms with Crippen molar-refractivity contribution in [3.05, 3.63) is 53.4 Å². The van der Waals surface area contributed by atoms with Crippen LogP contribution in [0.25, 0.3) is 6.08 Å². The number of aliphatic carboxylic acids is 1. The summed E-state index contributed by atoms with van der Waals surface area (Å²) >= 11 is 0. The summed E-state index contributed by atoms with van der Waals surface area (Å²) in [5, 5.41) is 14.8. The second kappa shape index (κ2) is 5.83. The van der Waals surface area contributed by atoms with Gasteiger partial charge >= 0.3 is 5.97 Å². The number of nitrogens with zero attached hydrogens (tertiary/aromatic N) is 1. The van der Waals surface area contributed by atoms with Crippen LogP contribution in [-0.4, -0.2) is 22.1 Å². The highest BCUT2D eigenvalue weighted by atomic mass is 16.5. The number of benzene rings is 1. The van der Waals surface area contributed by atoms with Crippen LogP contribution in [0.15, 0.2) is 41.1 Å². The smallest absolute Gasteiger partial charge is 0.328 e. The van der Waals surface area contributed by atoms with Crippen molar-refractivity contribution in [2.75, 3.05) is 5.32 Å². The predicted octanol–water partition coefficient (Wildman–Crippen LogP) is 2.33. The van der Waals surface area contributed by atoms with Gasteiger partial charge in [-0.1, -0.05) is 17.3 Å². The van der Waals surface area contributed by atoms with Crippen molar-refractivity contribution in [2.24, 2.45) is 0 Å². The lowest BCUT2D eigenvalue weighted by Crippen LogP contribution is -2.13. The van der Waals surface area contributed by atoms with Crippen LogP contribution >= 0.6 is 0 Å². The Morgan fingerprint density at radius 2 is 2.15 bits per heavy atom. The number of aryl methyl sites for hydroxylation is 1. The molecule has 2 rings (SSSR count). The first-order chi connectivity index (χ1) is 9.56. The predicted molar refractivity (Wildman–Crippen MR) is 72.3 cm³/mol. The summed E-state index contributed by atoms with van der Waals surface area (Å²) in [5.41, 5.74) is 2.30. The molecular weight excluding hydrogens is 260 g/mol. The standard InChI is InChI=1S/C14H12N2O4/c1-9-2-3-10(4-5-13(17)18)8-12(9)15-14(19)11-6-7-20-16-11/h2-8H,1H3,(H,15,19)(H,17,18). The molecule has 0 saturated carbocycles. The van der Waals surface area contributed by atoms with E-state index < -0.39 is 5.97 Å². The minimum Gasteiger partial charge on any atom is -0.478 e. The van der Waals surface area contributed by atoms with Gasteiger partial charge in [-0.15, -0.1) is 0 Å². The molecule has 2 aromatic rings. The second-order valence-electron chi connectivity index (χ2n) is 4.08. The Hall–Kier alpha value is -2.89. The topological polar surface area (TPSA) is 92.4 Å². The summed E-state index contributed by atoms with van der Waals surface area (Å²) in [5.74, 6) is -1.42. The molecule has 20 heavy (non-hydrogen) atoms. The summed E-state index contributed by atoms with van der Waals surface area (Å²) in [6, 6.07) is 6.70. The van der Waals surface area contributed by atoms with E-state index in [1.54, 1.807) is 18.2 Å². The van der Waals surface area contributed by atoms with Gasteiger partial charge in [0.1, 0.15) is 6.26 Å². The molecule has 0 unspecified atom stereocenters. The molecule has 102 valence electrons. The van der Waals surface area contributed by atoms with Crippen LogP contribution < -0.4 is 5.32 Å². The number of hydrogen-bond donors (Lipinski definition) is 2. The molecule has 6 nitrogen and oxygen atoms in total. The van der Waals surface area contributed by atoms with Gasteiger partial charge in [-0.05, 0) is 30.2 Å².